The molecule has 4 heterocycles. The molecule has 2 atom stereocenters. The van der Waals surface area contributed by atoms with Crippen molar-refractivity contribution in [3.63, 3.8) is 0 Å². The van der Waals surface area contributed by atoms with Crippen LogP contribution in [-0.4, -0.2) is 38.1 Å². The Kier molecular flexibility index (Phi) is 8.18. The molecular formula is C46H44N2O6. The van der Waals surface area contributed by atoms with Crippen molar-refractivity contribution in [3.8, 4) is 23.0 Å². The number of fused-ring (bicyclic) bond motifs is 12. The number of benzene rings is 5. The van der Waals surface area contributed by atoms with Gasteiger partial charge in [0.25, 0.3) is 0 Å². The molecule has 0 saturated heterocycles. The van der Waals surface area contributed by atoms with Crippen molar-refractivity contribution >= 4 is 23.3 Å². The molecule has 0 aromatic heterocycles. The third-order valence-electron chi connectivity index (χ3n) is 11.2. The number of ether oxygens (including phenoxy) is 4. The number of esters is 2. The van der Waals surface area contributed by atoms with Gasteiger partial charge in [-0.05, 0) is 68.1 Å². The highest BCUT2D eigenvalue weighted by atomic mass is 16.6. The number of anilines is 2. The molecule has 8 nitrogen and oxygen atoms in total. The Balaban J connectivity index is 1.30. The molecule has 9 rings (SSSR count). The van der Waals surface area contributed by atoms with Gasteiger partial charge in [0.2, 0.25) is 0 Å². The highest BCUT2D eigenvalue weighted by molar-refractivity contribution is 5.98. The summed E-state index contributed by atoms with van der Waals surface area (Å²) in [4.78, 5) is 32.4. The summed E-state index contributed by atoms with van der Waals surface area (Å²) in [6, 6.07) is 31.4. The van der Waals surface area contributed by atoms with E-state index in [1.165, 1.54) is 0 Å². The van der Waals surface area contributed by atoms with Crippen LogP contribution in [0.1, 0.15) is 107 Å². The Bertz CT molecular complexity index is 2160. The number of hydrogen-bond donors (Lipinski definition) is 0. The molecule has 5 aromatic carbocycles. The molecule has 5 aromatic rings. The number of carbonyl (C=O) groups is 2. The average Bonchev–Trinajstić information content (AvgIpc) is 3.65. The van der Waals surface area contributed by atoms with Gasteiger partial charge in [-0.25, -0.2) is 9.59 Å². The first-order chi connectivity index (χ1) is 26.4. The van der Waals surface area contributed by atoms with Gasteiger partial charge < -0.3 is 28.7 Å². The summed E-state index contributed by atoms with van der Waals surface area (Å²) < 4.78 is 27.0. The summed E-state index contributed by atoms with van der Waals surface area (Å²) in [5.74, 6) is 1.42. The van der Waals surface area contributed by atoms with Gasteiger partial charge in [0.15, 0.2) is 11.2 Å². The van der Waals surface area contributed by atoms with Crippen LogP contribution in [0.2, 0.25) is 0 Å². The second kappa shape index (κ2) is 13.0. The first kappa shape index (κ1) is 34.0. The van der Waals surface area contributed by atoms with Crippen LogP contribution >= 0.6 is 0 Å². The van der Waals surface area contributed by atoms with Gasteiger partial charge in [-0.15, -0.1) is 0 Å². The molecule has 0 bridgehead atoms. The molecule has 4 aliphatic heterocycles. The highest BCUT2D eigenvalue weighted by Crippen LogP contribution is 2.62. The van der Waals surface area contributed by atoms with E-state index in [0.29, 0.717) is 45.3 Å². The van der Waals surface area contributed by atoms with Gasteiger partial charge >= 0.3 is 11.9 Å². The standard InChI is InChI=1S/C46H44N2O6/c1-5-21-47(22-6-2)29-17-19-35-39(25-29)51-41-28-42-38(27-37(41)45(35)33-15-11-9-13-31(33)43(49)53-45)46(34-16-12-10-14-32(34)44(50)54-46)36-20-18-30(26-40(36)52-42)48(23-7-3)24-8-4/h9-20,25-28H,5-8,21-24H2,1-4H3. The summed E-state index contributed by atoms with van der Waals surface area (Å²) >= 11 is 0. The Morgan fingerprint density at radius 2 is 0.833 bits per heavy atom. The van der Waals surface area contributed by atoms with E-state index in [9.17, 15) is 9.59 Å². The van der Waals surface area contributed by atoms with E-state index in [0.717, 1.165) is 85.5 Å². The minimum absolute atomic E-state index is 0.407. The summed E-state index contributed by atoms with van der Waals surface area (Å²) in [6.45, 7) is 12.4. The third-order valence-corrected chi connectivity index (χ3v) is 11.2. The van der Waals surface area contributed by atoms with Crippen LogP contribution < -0.4 is 19.3 Å². The largest absolute Gasteiger partial charge is 0.456 e. The summed E-state index contributed by atoms with van der Waals surface area (Å²) in [6.07, 6.45) is 4.03. The molecule has 54 heavy (non-hydrogen) atoms. The van der Waals surface area contributed by atoms with Crippen molar-refractivity contribution in [1.29, 1.82) is 0 Å². The smallest absolute Gasteiger partial charge is 0.340 e. The van der Waals surface area contributed by atoms with E-state index in [-0.39, 0.29) is 0 Å². The van der Waals surface area contributed by atoms with Crippen molar-refractivity contribution in [2.24, 2.45) is 0 Å². The zero-order valence-corrected chi connectivity index (χ0v) is 31.2. The van der Waals surface area contributed by atoms with Crippen LogP contribution in [0.25, 0.3) is 0 Å². The lowest BCUT2D eigenvalue weighted by Gasteiger charge is -2.41. The van der Waals surface area contributed by atoms with Crippen molar-refractivity contribution in [2.45, 2.75) is 64.6 Å². The Labute approximate surface area is 316 Å². The fourth-order valence-electron chi connectivity index (χ4n) is 9.03. The van der Waals surface area contributed by atoms with Crippen molar-refractivity contribution in [2.75, 3.05) is 36.0 Å². The Morgan fingerprint density at radius 3 is 1.24 bits per heavy atom. The molecule has 0 N–H and O–H groups in total. The lowest BCUT2D eigenvalue weighted by Crippen LogP contribution is -2.37. The van der Waals surface area contributed by atoms with Crippen LogP contribution in [0, 0.1) is 0 Å². The molecule has 2 spiro atoms. The van der Waals surface area contributed by atoms with E-state index >= 15 is 0 Å². The lowest BCUT2D eigenvalue weighted by molar-refractivity contribution is 0.0208. The minimum Gasteiger partial charge on any atom is -0.456 e. The number of rotatable bonds is 10. The molecule has 274 valence electrons. The zero-order chi connectivity index (χ0) is 37.2. The molecular weight excluding hydrogens is 677 g/mol. The Hall–Kier alpha value is -5.76. The monoisotopic (exact) mass is 720 g/mol. The van der Waals surface area contributed by atoms with Crippen molar-refractivity contribution < 1.29 is 28.5 Å². The van der Waals surface area contributed by atoms with Gasteiger partial charge in [-0.1, -0.05) is 64.1 Å². The SMILES string of the molecule is CCCN(CCC)c1ccc2c(c1)Oc1cc3c(cc1C21OC(=O)c2ccccc21)C1(OC(=O)c2ccccc21)c1ccc(N(CCC)CCC)cc1O3. The third kappa shape index (κ3) is 4.81. The molecule has 0 amide bonds. The summed E-state index contributed by atoms with van der Waals surface area (Å²) in [7, 11) is 0. The summed E-state index contributed by atoms with van der Waals surface area (Å²) in [5.41, 5.74) is 4.66. The predicted octanol–water partition coefficient (Wildman–Crippen LogP) is 10.1. The van der Waals surface area contributed by atoms with E-state index in [2.05, 4.69) is 61.8 Å². The predicted molar refractivity (Wildman–Crippen MR) is 209 cm³/mol. The van der Waals surface area contributed by atoms with Crippen molar-refractivity contribution in [1.82, 2.24) is 0 Å². The van der Waals surface area contributed by atoms with E-state index in [1.807, 2.05) is 72.8 Å². The quantitative estimate of drug-likeness (QED) is 0.132. The van der Waals surface area contributed by atoms with Crippen LogP contribution in [0.15, 0.2) is 97.1 Å². The van der Waals surface area contributed by atoms with Gasteiger partial charge in [-0.3, -0.25) is 0 Å². The number of carbonyl (C=O) groups excluding carboxylic acids is 2. The molecule has 0 fully saturated rings. The van der Waals surface area contributed by atoms with Gasteiger partial charge in [-0.2, -0.15) is 0 Å². The normalized spacial score (nSPS) is 19.4. The van der Waals surface area contributed by atoms with Crippen molar-refractivity contribution in [3.05, 3.63) is 142 Å². The molecule has 0 aliphatic carbocycles. The first-order valence-corrected chi connectivity index (χ1v) is 19.4. The maximum absolute atomic E-state index is 13.8. The molecule has 2 unspecified atom stereocenters. The fourth-order valence-corrected chi connectivity index (χ4v) is 9.03. The lowest BCUT2D eigenvalue weighted by atomic mass is 9.73. The van der Waals surface area contributed by atoms with Crippen LogP contribution in [-0.2, 0) is 20.7 Å². The fraction of sp³-hybridized carbons (Fsp3) is 0.304. The minimum atomic E-state index is -1.32. The molecule has 4 aliphatic rings. The van der Waals surface area contributed by atoms with Crippen LogP contribution in [0.5, 0.6) is 23.0 Å². The number of hydrogen-bond acceptors (Lipinski definition) is 8. The zero-order valence-electron chi connectivity index (χ0n) is 31.2. The topological polar surface area (TPSA) is 77.5 Å². The average molecular weight is 721 g/mol. The number of nitrogens with zero attached hydrogens (tertiary/aromatic N) is 2. The molecule has 0 saturated carbocycles. The van der Waals surface area contributed by atoms with E-state index in [1.54, 1.807) is 0 Å². The molecule has 0 radical (unpaired) electrons. The second-order valence-corrected chi connectivity index (χ2v) is 14.6. The van der Waals surface area contributed by atoms with Gasteiger partial charge in [0.1, 0.15) is 23.0 Å². The summed E-state index contributed by atoms with van der Waals surface area (Å²) in [5, 5.41) is 0. The van der Waals surface area contributed by atoms with Gasteiger partial charge in [0.05, 0.1) is 11.1 Å². The van der Waals surface area contributed by atoms with Gasteiger partial charge in [0, 0.05) is 89.1 Å². The van der Waals surface area contributed by atoms with Crippen LogP contribution in [0.3, 0.4) is 0 Å². The second-order valence-electron chi connectivity index (χ2n) is 14.6. The van der Waals surface area contributed by atoms with Crippen LogP contribution in [0.4, 0.5) is 11.4 Å². The van der Waals surface area contributed by atoms with E-state index in [4.69, 9.17) is 18.9 Å². The van der Waals surface area contributed by atoms with E-state index < -0.39 is 23.1 Å². The maximum atomic E-state index is 13.8. The highest BCUT2D eigenvalue weighted by Gasteiger charge is 2.58. The molecule has 8 heteroatoms. The Morgan fingerprint density at radius 1 is 0.444 bits per heavy atom. The first-order valence-electron chi connectivity index (χ1n) is 19.4. The maximum Gasteiger partial charge on any atom is 0.340 e.